The van der Waals surface area contributed by atoms with E-state index in [-0.39, 0.29) is 0 Å². The first kappa shape index (κ1) is 13.5. The normalized spacial score (nSPS) is 17.6. The smallest absolute Gasteiger partial charge is 0.0593 e. The Balaban J connectivity index is 1.91. The van der Waals surface area contributed by atoms with Crippen LogP contribution in [-0.2, 0) is 17.8 Å². The molecule has 2 heterocycles. The molecule has 4 nitrogen and oxygen atoms in total. The van der Waals surface area contributed by atoms with Crippen LogP contribution < -0.4 is 5.32 Å². The number of rotatable bonds is 5. The van der Waals surface area contributed by atoms with Gasteiger partial charge in [0.25, 0.3) is 0 Å². The molecule has 0 aliphatic carbocycles. The van der Waals surface area contributed by atoms with Crippen molar-refractivity contribution in [1.82, 2.24) is 15.2 Å². The van der Waals surface area contributed by atoms with E-state index >= 15 is 0 Å². The van der Waals surface area contributed by atoms with Crippen molar-refractivity contribution in [2.75, 3.05) is 32.8 Å². The maximum atomic E-state index is 5.47. The number of aromatic nitrogens is 1. The van der Waals surface area contributed by atoms with Gasteiger partial charge in [-0.05, 0) is 25.1 Å². The molecule has 1 saturated heterocycles. The molecule has 0 bridgehead atoms. The fraction of sp³-hybridized carbons (Fsp3) is 0.643. The minimum Gasteiger partial charge on any atom is -0.380 e. The Hall–Kier alpha value is -0.970. The van der Waals surface area contributed by atoms with Crippen molar-refractivity contribution >= 4 is 0 Å². The second-order valence-corrected chi connectivity index (χ2v) is 4.64. The van der Waals surface area contributed by atoms with E-state index in [1.807, 2.05) is 0 Å². The first-order valence-corrected chi connectivity index (χ1v) is 6.84. The zero-order chi connectivity index (χ0) is 12.6. The number of nitrogens with zero attached hydrogens (tertiary/aromatic N) is 2. The fourth-order valence-corrected chi connectivity index (χ4v) is 2.15. The average Bonchev–Trinajstić information content (AvgIpc) is 2.65. The van der Waals surface area contributed by atoms with Crippen LogP contribution in [0.3, 0.4) is 0 Å². The second kappa shape index (κ2) is 7.46. The van der Waals surface area contributed by atoms with Crippen LogP contribution >= 0.6 is 0 Å². The summed E-state index contributed by atoms with van der Waals surface area (Å²) in [5, 5.41) is 3.31. The van der Waals surface area contributed by atoms with Crippen LogP contribution in [0.25, 0.3) is 0 Å². The maximum absolute atomic E-state index is 5.47. The molecule has 1 aliphatic rings. The van der Waals surface area contributed by atoms with Crippen molar-refractivity contribution in [3.8, 4) is 0 Å². The van der Waals surface area contributed by atoms with Gasteiger partial charge in [0, 0.05) is 32.8 Å². The van der Waals surface area contributed by atoms with Crippen LogP contribution in [0, 0.1) is 0 Å². The molecule has 0 amide bonds. The van der Waals surface area contributed by atoms with E-state index in [2.05, 4.69) is 40.3 Å². The summed E-state index contributed by atoms with van der Waals surface area (Å²) >= 11 is 0. The third-order valence-electron chi connectivity index (χ3n) is 3.12. The third kappa shape index (κ3) is 4.37. The van der Waals surface area contributed by atoms with Crippen molar-refractivity contribution in [1.29, 1.82) is 0 Å². The van der Waals surface area contributed by atoms with Crippen LogP contribution in [0.2, 0.25) is 0 Å². The summed E-state index contributed by atoms with van der Waals surface area (Å²) in [6.45, 7) is 8.74. The molecule has 100 valence electrons. The Labute approximate surface area is 109 Å². The summed E-state index contributed by atoms with van der Waals surface area (Å²) in [7, 11) is 0. The highest BCUT2D eigenvalue weighted by Gasteiger charge is 2.10. The van der Waals surface area contributed by atoms with Gasteiger partial charge in [0.1, 0.15) is 0 Å². The van der Waals surface area contributed by atoms with E-state index in [9.17, 15) is 0 Å². The summed E-state index contributed by atoms with van der Waals surface area (Å²) in [5.41, 5.74) is 2.28. The van der Waals surface area contributed by atoms with E-state index in [4.69, 9.17) is 4.74 Å². The molecule has 18 heavy (non-hydrogen) atoms. The average molecular weight is 249 g/mol. The molecule has 1 N–H and O–H groups in total. The van der Waals surface area contributed by atoms with Gasteiger partial charge in [-0.2, -0.15) is 0 Å². The lowest BCUT2D eigenvalue weighted by molar-refractivity contribution is 0.140. The highest BCUT2D eigenvalue weighted by molar-refractivity contribution is 5.11. The molecule has 0 atom stereocenters. The third-order valence-corrected chi connectivity index (χ3v) is 3.12. The van der Waals surface area contributed by atoms with E-state index < -0.39 is 0 Å². The van der Waals surface area contributed by atoms with Crippen LogP contribution in [-0.4, -0.2) is 42.7 Å². The molecule has 4 heteroatoms. The minimum absolute atomic E-state index is 0.844. The van der Waals surface area contributed by atoms with Crippen LogP contribution in [0.15, 0.2) is 18.2 Å². The SMILES string of the molecule is CCNCc1cccc(CN2CCCOCC2)n1. The first-order valence-electron chi connectivity index (χ1n) is 6.84. The molecule has 2 rings (SSSR count). The molecule has 1 aromatic rings. The monoisotopic (exact) mass is 249 g/mol. The van der Waals surface area contributed by atoms with E-state index in [1.165, 1.54) is 0 Å². The minimum atomic E-state index is 0.844. The molecule has 1 aliphatic heterocycles. The summed E-state index contributed by atoms with van der Waals surface area (Å²) in [6, 6.07) is 6.29. The summed E-state index contributed by atoms with van der Waals surface area (Å²) in [6.07, 6.45) is 1.12. The molecule has 0 unspecified atom stereocenters. The standard InChI is InChI=1S/C14H23N3O/c1-2-15-11-13-5-3-6-14(16-13)12-17-7-4-9-18-10-8-17/h3,5-6,15H,2,4,7-12H2,1H3. The first-order chi connectivity index (χ1) is 8.88. The van der Waals surface area contributed by atoms with Gasteiger partial charge < -0.3 is 10.1 Å². The highest BCUT2D eigenvalue weighted by Crippen LogP contribution is 2.06. The van der Waals surface area contributed by atoms with Crippen molar-refractivity contribution in [2.45, 2.75) is 26.4 Å². The molecule has 1 fully saturated rings. The van der Waals surface area contributed by atoms with E-state index in [0.29, 0.717) is 0 Å². The van der Waals surface area contributed by atoms with Gasteiger partial charge in [-0.15, -0.1) is 0 Å². The quantitative estimate of drug-likeness (QED) is 0.856. The number of nitrogens with one attached hydrogen (secondary N) is 1. The Bertz CT molecular complexity index is 349. The van der Waals surface area contributed by atoms with Gasteiger partial charge >= 0.3 is 0 Å². The lowest BCUT2D eigenvalue weighted by Crippen LogP contribution is -2.26. The number of hydrogen-bond donors (Lipinski definition) is 1. The van der Waals surface area contributed by atoms with Crippen LogP contribution in [0.5, 0.6) is 0 Å². The van der Waals surface area contributed by atoms with Gasteiger partial charge in [-0.3, -0.25) is 9.88 Å². The van der Waals surface area contributed by atoms with Crippen molar-refractivity contribution in [2.24, 2.45) is 0 Å². The van der Waals surface area contributed by atoms with Crippen molar-refractivity contribution < 1.29 is 4.74 Å². The summed E-state index contributed by atoms with van der Waals surface area (Å²) < 4.78 is 5.47. The largest absolute Gasteiger partial charge is 0.380 e. The Morgan fingerprint density at radius 2 is 2.17 bits per heavy atom. The highest BCUT2D eigenvalue weighted by atomic mass is 16.5. The molecular formula is C14H23N3O. The van der Waals surface area contributed by atoms with Gasteiger partial charge in [0.2, 0.25) is 0 Å². The van der Waals surface area contributed by atoms with Crippen molar-refractivity contribution in [3.63, 3.8) is 0 Å². The number of ether oxygens (including phenoxy) is 1. The lowest BCUT2D eigenvalue weighted by Gasteiger charge is -2.18. The second-order valence-electron chi connectivity index (χ2n) is 4.64. The predicted molar refractivity (Wildman–Crippen MR) is 72.3 cm³/mol. The molecule has 0 spiro atoms. The van der Waals surface area contributed by atoms with Crippen LogP contribution in [0.1, 0.15) is 24.7 Å². The maximum Gasteiger partial charge on any atom is 0.0593 e. The Morgan fingerprint density at radius 1 is 1.28 bits per heavy atom. The van der Waals surface area contributed by atoms with E-state index in [1.54, 1.807) is 0 Å². The fourth-order valence-electron chi connectivity index (χ4n) is 2.15. The van der Waals surface area contributed by atoms with Gasteiger partial charge in [-0.25, -0.2) is 0 Å². The zero-order valence-electron chi connectivity index (χ0n) is 11.2. The molecule has 1 aromatic heterocycles. The Kier molecular flexibility index (Phi) is 5.58. The topological polar surface area (TPSA) is 37.4 Å². The van der Waals surface area contributed by atoms with Crippen LogP contribution in [0.4, 0.5) is 0 Å². The summed E-state index contributed by atoms with van der Waals surface area (Å²) in [5.74, 6) is 0. The number of hydrogen-bond acceptors (Lipinski definition) is 4. The summed E-state index contributed by atoms with van der Waals surface area (Å²) in [4.78, 5) is 7.11. The van der Waals surface area contributed by atoms with Gasteiger partial charge in [-0.1, -0.05) is 13.0 Å². The lowest BCUT2D eigenvalue weighted by atomic mass is 10.2. The molecule has 0 saturated carbocycles. The van der Waals surface area contributed by atoms with E-state index in [0.717, 1.165) is 63.7 Å². The zero-order valence-corrected chi connectivity index (χ0v) is 11.2. The van der Waals surface area contributed by atoms with Gasteiger partial charge in [0.15, 0.2) is 0 Å². The molecule has 0 radical (unpaired) electrons. The Morgan fingerprint density at radius 3 is 3.06 bits per heavy atom. The molecule has 0 aromatic carbocycles. The molecular weight excluding hydrogens is 226 g/mol. The van der Waals surface area contributed by atoms with Gasteiger partial charge in [0.05, 0.1) is 18.0 Å². The van der Waals surface area contributed by atoms with Crippen molar-refractivity contribution in [3.05, 3.63) is 29.6 Å². The number of pyridine rings is 1. The predicted octanol–water partition coefficient (Wildman–Crippen LogP) is 1.41.